The smallest absolute Gasteiger partial charge is 0.254 e. The summed E-state index contributed by atoms with van der Waals surface area (Å²) in [4.78, 5) is 14.9. The Labute approximate surface area is 132 Å². The van der Waals surface area contributed by atoms with Crippen molar-refractivity contribution in [3.63, 3.8) is 0 Å². The highest BCUT2D eigenvalue weighted by atomic mass is 16.2. The van der Waals surface area contributed by atoms with Gasteiger partial charge in [0.15, 0.2) is 0 Å². The van der Waals surface area contributed by atoms with Gasteiger partial charge >= 0.3 is 0 Å². The van der Waals surface area contributed by atoms with Crippen LogP contribution in [-0.4, -0.2) is 23.9 Å². The number of hydrogen-bond acceptors (Lipinski definition) is 1. The second-order valence-electron chi connectivity index (χ2n) is 6.42. The fourth-order valence-electron chi connectivity index (χ4n) is 3.62. The largest absolute Gasteiger partial charge is 0.338 e. The van der Waals surface area contributed by atoms with Crippen molar-refractivity contribution >= 4 is 5.91 Å². The Morgan fingerprint density at radius 3 is 2.32 bits per heavy atom. The molecule has 2 aromatic carbocycles. The predicted molar refractivity (Wildman–Crippen MR) is 90.4 cm³/mol. The lowest BCUT2D eigenvalue weighted by atomic mass is 9.98. The first-order valence-electron chi connectivity index (χ1n) is 7.98. The number of carbonyl (C=O) groups excluding carboxylic acids is 1. The highest BCUT2D eigenvalue weighted by molar-refractivity contribution is 5.97. The van der Waals surface area contributed by atoms with E-state index >= 15 is 0 Å². The average molecular weight is 293 g/mol. The average Bonchev–Trinajstić information content (AvgIpc) is 2.97. The van der Waals surface area contributed by atoms with E-state index in [1.165, 1.54) is 11.1 Å². The van der Waals surface area contributed by atoms with E-state index in [2.05, 4.69) is 43.3 Å². The van der Waals surface area contributed by atoms with E-state index in [9.17, 15) is 4.79 Å². The zero-order valence-corrected chi connectivity index (χ0v) is 13.6. The molecule has 1 fully saturated rings. The first-order chi connectivity index (χ1) is 10.6. The summed E-state index contributed by atoms with van der Waals surface area (Å²) in [5.74, 6) is 0.657. The van der Waals surface area contributed by atoms with E-state index in [0.717, 1.165) is 36.2 Å². The minimum Gasteiger partial charge on any atom is -0.338 e. The molecule has 114 valence electrons. The lowest BCUT2D eigenvalue weighted by molar-refractivity contribution is 0.0789. The van der Waals surface area contributed by atoms with Crippen LogP contribution < -0.4 is 0 Å². The highest BCUT2D eigenvalue weighted by Crippen LogP contribution is 2.29. The van der Waals surface area contributed by atoms with Crippen molar-refractivity contribution in [2.75, 3.05) is 13.1 Å². The highest BCUT2D eigenvalue weighted by Gasteiger charge is 2.29. The van der Waals surface area contributed by atoms with Gasteiger partial charge in [0.25, 0.3) is 5.91 Å². The summed E-state index contributed by atoms with van der Waals surface area (Å²) in [5.41, 5.74) is 5.63. The van der Waals surface area contributed by atoms with Gasteiger partial charge in [0.1, 0.15) is 0 Å². The second kappa shape index (κ2) is 5.96. The molecular weight excluding hydrogens is 270 g/mol. The van der Waals surface area contributed by atoms with E-state index < -0.39 is 0 Å². The molecule has 0 saturated carbocycles. The van der Waals surface area contributed by atoms with E-state index in [4.69, 9.17) is 0 Å². The zero-order valence-electron chi connectivity index (χ0n) is 13.6. The van der Waals surface area contributed by atoms with Gasteiger partial charge < -0.3 is 4.90 Å². The van der Waals surface area contributed by atoms with Gasteiger partial charge in [-0.1, -0.05) is 48.0 Å². The molecule has 1 saturated heterocycles. The summed E-state index contributed by atoms with van der Waals surface area (Å²) in [6, 6.07) is 14.7. The van der Waals surface area contributed by atoms with Crippen molar-refractivity contribution in [1.29, 1.82) is 0 Å². The van der Waals surface area contributed by atoms with Crippen LogP contribution in [0.5, 0.6) is 0 Å². The first-order valence-corrected chi connectivity index (χ1v) is 7.98. The number of nitrogens with zero attached hydrogens (tertiary/aromatic N) is 1. The maximum atomic E-state index is 12.9. The second-order valence-corrected chi connectivity index (χ2v) is 6.42. The summed E-state index contributed by atoms with van der Waals surface area (Å²) < 4.78 is 0. The summed E-state index contributed by atoms with van der Waals surface area (Å²) in [7, 11) is 0. The molecule has 0 radical (unpaired) electrons. The Balaban J connectivity index is 1.80. The van der Waals surface area contributed by atoms with E-state index in [1.54, 1.807) is 0 Å². The van der Waals surface area contributed by atoms with Gasteiger partial charge in [0, 0.05) is 24.6 Å². The lowest BCUT2D eigenvalue weighted by Crippen LogP contribution is -2.29. The molecule has 22 heavy (non-hydrogen) atoms. The Bertz CT molecular complexity index is 667. The lowest BCUT2D eigenvalue weighted by Gasteiger charge is -2.20. The predicted octanol–water partition coefficient (Wildman–Crippen LogP) is 4.24. The minimum absolute atomic E-state index is 0.188. The molecule has 2 heteroatoms. The quantitative estimate of drug-likeness (QED) is 0.811. The number of hydrogen-bond donors (Lipinski definition) is 0. The molecule has 1 aliphatic rings. The van der Waals surface area contributed by atoms with Crippen molar-refractivity contribution in [2.45, 2.75) is 33.1 Å². The third kappa shape index (κ3) is 2.78. The molecule has 3 rings (SSSR count). The molecule has 0 bridgehead atoms. The van der Waals surface area contributed by atoms with Crippen molar-refractivity contribution in [3.8, 4) is 0 Å². The zero-order chi connectivity index (χ0) is 15.7. The summed E-state index contributed by atoms with van der Waals surface area (Å²) in [6.07, 6.45) is 1.06. The van der Waals surface area contributed by atoms with E-state index in [0.29, 0.717) is 5.92 Å². The van der Waals surface area contributed by atoms with Gasteiger partial charge in [0.2, 0.25) is 0 Å². The Hall–Kier alpha value is -2.09. The number of aryl methyl sites for hydroxylation is 3. The van der Waals surface area contributed by atoms with Crippen LogP contribution in [0.1, 0.15) is 45.0 Å². The Morgan fingerprint density at radius 2 is 1.68 bits per heavy atom. The summed E-state index contributed by atoms with van der Waals surface area (Å²) in [5, 5.41) is 0. The molecule has 0 aromatic heterocycles. The van der Waals surface area contributed by atoms with Crippen LogP contribution in [0.2, 0.25) is 0 Å². The van der Waals surface area contributed by atoms with Crippen LogP contribution in [0.25, 0.3) is 0 Å². The number of carbonyl (C=O) groups is 1. The third-order valence-electron chi connectivity index (χ3n) is 4.64. The SMILES string of the molecule is Cc1cc(C)c(C(=O)N2CCC(c3ccccc3)C2)c(C)c1. The summed E-state index contributed by atoms with van der Waals surface area (Å²) in [6.45, 7) is 7.84. The van der Waals surface area contributed by atoms with Crippen LogP contribution in [0.3, 0.4) is 0 Å². The minimum atomic E-state index is 0.188. The van der Waals surface area contributed by atoms with Crippen molar-refractivity contribution < 1.29 is 4.79 Å². The molecule has 0 aliphatic carbocycles. The van der Waals surface area contributed by atoms with Crippen LogP contribution in [0, 0.1) is 20.8 Å². The molecule has 2 nitrogen and oxygen atoms in total. The van der Waals surface area contributed by atoms with Gasteiger partial charge in [-0.3, -0.25) is 4.79 Å². The maximum absolute atomic E-state index is 12.9. The van der Waals surface area contributed by atoms with Gasteiger partial charge in [-0.15, -0.1) is 0 Å². The van der Waals surface area contributed by atoms with E-state index in [1.807, 2.05) is 24.8 Å². The van der Waals surface area contributed by atoms with E-state index in [-0.39, 0.29) is 5.91 Å². The molecule has 0 spiro atoms. The number of benzene rings is 2. The third-order valence-corrected chi connectivity index (χ3v) is 4.64. The molecular formula is C20H23NO. The van der Waals surface area contributed by atoms with Gasteiger partial charge in [-0.05, 0) is 43.9 Å². The Kier molecular flexibility index (Phi) is 4.02. The first kappa shape index (κ1) is 14.8. The maximum Gasteiger partial charge on any atom is 0.254 e. The van der Waals surface area contributed by atoms with Gasteiger partial charge in [0.05, 0.1) is 0 Å². The normalized spacial score (nSPS) is 17.8. The van der Waals surface area contributed by atoms with Crippen molar-refractivity contribution in [1.82, 2.24) is 4.90 Å². The number of rotatable bonds is 2. The van der Waals surface area contributed by atoms with Crippen LogP contribution in [0.4, 0.5) is 0 Å². The molecule has 1 amide bonds. The fourth-order valence-corrected chi connectivity index (χ4v) is 3.62. The van der Waals surface area contributed by atoms with Crippen LogP contribution >= 0.6 is 0 Å². The standard InChI is InChI=1S/C20H23NO/c1-14-11-15(2)19(16(3)12-14)20(22)21-10-9-18(13-21)17-7-5-4-6-8-17/h4-8,11-12,18H,9-10,13H2,1-3H3. The van der Waals surface area contributed by atoms with Gasteiger partial charge in [-0.25, -0.2) is 0 Å². The van der Waals surface area contributed by atoms with Crippen LogP contribution in [0.15, 0.2) is 42.5 Å². The van der Waals surface area contributed by atoms with Crippen molar-refractivity contribution in [3.05, 3.63) is 70.3 Å². The molecule has 1 heterocycles. The van der Waals surface area contributed by atoms with Crippen LogP contribution in [-0.2, 0) is 0 Å². The number of likely N-dealkylation sites (tertiary alicyclic amines) is 1. The molecule has 2 aromatic rings. The number of amides is 1. The topological polar surface area (TPSA) is 20.3 Å². The molecule has 0 N–H and O–H groups in total. The molecule has 1 aliphatic heterocycles. The van der Waals surface area contributed by atoms with Crippen molar-refractivity contribution in [2.24, 2.45) is 0 Å². The molecule has 1 atom stereocenters. The fraction of sp³-hybridized carbons (Fsp3) is 0.350. The monoisotopic (exact) mass is 293 g/mol. The Morgan fingerprint density at radius 1 is 1.05 bits per heavy atom. The summed E-state index contributed by atoms with van der Waals surface area (Å²) >= 11 is 0. The molecule has 1 unspecified atom stereocenters. The van der Waals surface area contributed by atoms with Gasteiger partial charge in [-0.2, -0.15) is 0 Å².